The zero-order valence-electron chi connectivity index (χ0n) is 17.3. The first kappa shape index (κ1) is 21.6. The molecule has 0 fully saturated rings. The summed E-state index contributed by atoms with van der Waals surface area (Å²) < 4.78 is 25.5. The number of H-pyrrole nitrogens is 1. The SMILES string of the molecule is CNC(=O)c1c(-c2ccc(F)cc2)oc2c1cc(OC(C)C)c1[nH]cc(C(=O)C(=O)Cl)c12. The smallest absolute Gasteiger partial charge is 0.293 e. The monoisotopic (exact) mass is 456 g/mol. The van der Waals surface area contributed by atoms with Crippen molar-refractivity contribution in [1.82, 2.24) is 10.3 Å². The van der Waals surface area contributed by atoms with Crippen molar-refractivity contribution in [2.45, 2.75) is 20.0 Å². The summed E-state index contributed by atoms with van der Waals surface area (Å²) in [5, 5.41) is 2.04. The van der Waals surface area contributed by atoms with Crippen LogP contribution in [0.15, 0.2) is 40.9 Å². The van der Waals surface area contributed by atoms with Crippen molar-refractivity contribution in [1.29, 1.82) is 0 Å². The summed E-state index contributed by atoms with van der Waals surface area (Å²) in [6.45, 7) is 3.65. The van der Waals surface area contributed by atoms with Gasteiger partial charge in [0.05, 0.1) is 28.1 Å². The Morgan fingerprint density at radius 3 is 2.47 bits per heavy atom. The molecular formula is C23H18ClFN2O5. The summed E-state index contributed by atoms with van der Waals surface area (Å²) in [5.74, 6) is -1.28. The summed E-state index contributed by atoms with van der Waals surface area (Å²) in [6.07, 6.45) is 1.12. The van der Waals surface area contributed by atoms with Crippen molar-refractivity contribution in [3.8, 4) is 17.1 Å². The number of amides is 1. The minimum atomic E-state index is -1.16. The van der Waals surface area contributed by atoms with Crippen molar-refractivity contribution in [3.63, 3.8) is 0 Å². The van der Waals surface area contributed by atoms with E-state index in [0.29, 0.717) is 22.2 Å². The molecule has 2 aromatic heterocycles. The first-order valence-corrected chi connectivity index (χ1v) is 10.1. The molecule has 0 aliphatic rings. The first-order valence-electron chi connectivity index (χ1n) is 9.72. The Labute approximate surface area is 186 Å². The highest BCUT2D eigenvalue weighted by atomic mass is 35.5. The fourth-order valence-corrected chi connectivity index (χ4v) is 3.71. The minimum absolute atomic E-state index is 0.0120. The van der Waals surface area contributed by atoms with Crippen molar-refractivity contribution in [2.75, 3.05) is 7.05 Å². The lowest BCUT2D eigenvalue weighted by atomic mass is 10.0. The molecule has 4 rings (SSSR count). The van der Waals surface area contributed by atoms with Crippen molar-refractivity contribution in [2.24, 2.45) is 0 Å². The number of carbonyl (C=O) groups is 3. The van der Waals surface area contributed by atoms with E-state index >= 15 is 0 Å². The molecule has 2 aromatic carbocycles. The van der Waals surface area contributed by atoms with Crippen LogP contribution in [0.25, 0.3) is 33.2 Å². The van der Waals surface area contributed by atoms with E-state index in [1.54, 1.807) is 6.07 Å². The van der Waals surface area contributed by atoms with Crippen LogP contribution in [0.4, 0.5) is 4.39 Å². The summed E-state index contributed by atoms with van der Waals surface area (Å²) >= 11 is 5.45. The highest BCUT2D eigenvalue weighted by Crippen LogP contribution is 2.42. The van der Waals surface area contributed by atoms with E-state index in [4.69, 9.17) is 20.8 Å². The Balaban J connectivity index is 2.15. The quantitative estimate of drug-likeness (QED) is 0.246. The highest BCUT2D eigenvalue weighted by molar-refractivity contribution is 6.83. The number of nitrogens with one attached hydrogen (secondary N) is 2. The molecule has 0 bridgehead atoms. The molecule has 0 aliphatic heterocycles. The number of furan rings is 1. The Bertz CT molecular complexity index is 1390. The molecule has 0 aliphatic carbocycles. The Hall–Kier alpha value is -3.65. The molecule has 9 heteroatoms. The number of hydrogen-bond donors (Lipinski definition) is 2. The molecule has 2 N–H and O–H groups in total. The molecule has 0 spiro atoms. The van der Waals surface area contributed by atoms with Gasteiger partial charge in [-0.15, -0.1) is 0 Å². The minimum Gasteiger partial charge on any atom is -0.489 e. The third kappa shape index (κ3) is 3.52. The number of aromatic amines is 1. The topological polar surface area (TPSA) is 101 Å². The predicted molar refractivity (Wildman–Crippen MR) is 118 cm³/mol. The Morgan fingerprint density at radius 2 is 1.88 bits per heavy atom. The van der Waals surface area contributed by atoms with Crippen molar-refractivity contribution >= 4 is 50.4 Å². The van der Waals surface area contributed by atoms with Gasteiger partial charge in [-0.25, -0.2) is 4.39 Å². The number of ether oxygens (including phenoxy) is 1. The molecule has 7 nitrogen and oxygen atoms in total. The Kier molecular flexibility index (Phi) is 5.48. The normalized spacial score (nSPS) is 11.3. The molecule has 0 atom stereocenters. The van der Waals surface area contributed by atoms with E-state index in [1.807, 2.05) is 13.8 Å². The van der Waals surface area contributed by atoms with Crippen LogP contribution < -0.4 is 10.1 Å². The number of fused-ring (bicyclic) bond motifs is 3. The maximum Gasteiger partial charge on any atom is 0.293 e. The fourth-order valence-electron chi connectivity index (χ4n) is 3.61. The summed E-state index contributed by atoms with van der Waals surface area (Å²) in [4.78, 5) is 39.9. The number of halogens is 2. The van der Waals surface area contributed by atoms with Crippen LogP contribution in [-0.4, -0.2) is 35.1 Å². The number of Topliss-reactive ketones (excluding diaryl/α,β-unsaturated/α-hetero) is 1. The van der Waals surface area contributed by atoms with E-state index < -0.39 is 22.8 Å². The zero-order chi connectivity index (χ0) is 23.2. The summed E-state index contributed by atoms with van der Waals surface area (Å²) in [6, 6.07) is 7.08. The lowest BCUT2D eigenvalue weighted by Crippen LogP contribution is -2.18. The zero-order valence-corrected chi connectivity index (χ0v) is 18.1. The van der Waals surface area contributed by atoms with Gasteiger partial charge >= 0.3 is 0 Å². The molecule has 32 heavy (non-hydrogen) atoms. The number of hydrogen-bond acceptors (Lipinski definition) is 5. The van der Waals surface area contributed by atoms with Gasteiger partial charge in [0, 0.05) is 24.2 Å². The largest absolute Gasteiger partial charge is 0.489 e. The third-order valence-electron chi connectivity index (χ3n) is 4.92. The first-order chi connectivity index (χ1) is 15.2. The van der Waals surface area contributed by atoms with Crippen LogP contribution in [0.5, 0.6) is 5.75 Å². The second kappa shape index (κ2) is 8.12. The van der Waals surface area contributed by atoms with Gasteiger partial charge < -0.3 is 19.5 Å². The standard InChI is InChI=1S/C23H18ClFN2O5/c1-10(2)31-15-8-13-17(23(30)26-3)20(11-4-6-12(25)7-5-11)32-21(13)16-14(9-27-18(15)16)19(28)22(24)29/h4-10,27H,1-3H3,(H,26,30). The summed E-state index contributed by atoms with van der Waals surface area (Å²) in [5.41, 5.74) is 1.23. The second-order valence-electron chi connectivity index (χ2n) is 7.37. The van der Waals surface area contributed by atoms with Gasteiger partial charge in [0.2, 0.25) is 5.78 Å². The van der Waals surface area contributed by atoms with E-state index in [1.165, 1.54) is 37.5 Å². The van der Waals surface area contributed by atoms with Crippen molar-refractivity contribution in [3.05, 3.63) is 53.5 Å². The van der Waals surface area contributed by atoms with E-state index in [9.17, 15) is 18.8 Å². The number of carbonyl (C=O) groups excluding carboxylic acids is 3. The van der Waals surface area contributed by atoms with Crippen molar-refractivity contribution < 1.29 is 27.9 Å². The maximum absolute atomic E-state index is 13.5. The van der Waals surface area contributed by atoms with Gasteiger partial charge in [-0.1, -0.05) is 0 Å². The van der Waals surface area contributed by atoms with Gasteiger partial charge in [-0.3, -0.25) is 14.4 Å². The molecule has 0 saturated carbocycles. The average molecular weight is 457 g/mol. The summed E-state index contributed by atoms with van der Waals surface area (Å²) in [7, 11) is 1.47. The van der Waals surface area contributed by atoms with Crippen LogP contribution in [0.1, 0.15) is 34.6 Å². The van der Waals surface area contributed by atoms with Gasteiger partial charge in [0.1, 0.15) is 22.9 Å². The fraction of sp³-hybridized carbons (Fsp3) is 0.174. The molecular weight excluding hydrogens is 439 g/mol. The average Bonchev–Trinajstić information content (AvgIpc) is 3.35. The molecule has 164 valence electrons. The number of rotatable bonds is 6. The molecule has 0 radical (unpaired) electrons. The van der Waals surface area contributed by atoms with Gasteiger partial charge in [0.25, 0.3) is 11.1 Å². The predicted octanol–water partition coefficient (Wildman–Crippen LogP) is 4.82. The van der Waals surface area contributed by atoms with Crippen LogP contribution in [0.3, 0.4) is 0 Å². The molecule has 1 amide bonds. The molecule has 2 heterocycles. The van der Waals surface area contributed by atoms with E-state index in [2.05, 4.69) is 10.3 Å². The molecule has 4 aromatic rings. The number of aromatic nitrogens is 1. The second-order valence-corrected chi connectivity index (χ2v) is 7.71. The van der Waals surface area contributed by atoms with Gasteiger partial charge in [-0.2, -0.15) is 0 Å². The third-order valence-corrected chi connectivity index (χ3v) is 5.09. The lowest BCUT2D eigenvalue weighted by Gasteiger charge is -2.11. The van der Waals surface area contributed by atoms with Gasteiger partial charge in [0.15, 0.2) is 0 Å². The highest BCUT2D eigenvalue weighted by Gasteiger charge is 2.29. The molecule has 0 unspecified atom stereocenters. The van der Waals surface area contributed by atoms with Crippen LogP contribution in [0.2, 0.25) is 0 Å². The van der Waals surface area contributed by atoms with Crippen LogP contribution in [0, 0.1) is 5.82 Å². The number of ketones is 1. The Morgan fingerprint density at radius 1 is 1.19 bits per heavy atom. The molecule has 0 saturated heterocycles. The van der Waals surface area contributed by atoms with Crippen LogP contribution in [-0.2, 0) is 4.79 Å². The van der Waals surface area contributed by atoms with E-state index in [-0.39, 0.29) is 34.0 Å². The lowest BCUT2D eigenvalue weighted by molar-refractivity contribution is -0.108. The number of benzene rings is 2. The van der Waals surface area contributed by atoms with Gasteiger partial charge in [-0.05, 0) is 55.8 Å². The maximum atomic E-state index is 13.5. The van der Waals surface area contributed by atoms with Crippen LogP contribution >= 0.6 is 11.6 Å². The van der Waals surface area contributed by atoms with E-state index in [0.717, 1.165) is 0 Å².